The van der Waals surface area contributed by atoms with Crippen molar-refractivity contribution in [1.82, 2.24) is 10.2 Å². The van der Waals surface area contributed by atoms with Crippen LogP contribution in [0.5, 0.6) is 5.75 Å². The smallest absolute Gasteiger partial charge is 0.121 e. The number of halogens is 1. The fourth-order valence-corrected chi connectivity index (χ4v) is 2.61. The van der Waals surface area contributed by atoms with Gasteiger partial charge in [0.1, 0.15) is 5.75 Å². The number of likely N-dealkylation sites (tertiary alicyclic amines) is 1. The van der Waals surface area contributed by atoms with Crippen molar-refractivity contribution >= 4 is 11.6 Å². The van der Waals surface area contributed by atoms with Crippen molar-refractivity contribution in [2.75, 3.05) is 26.2 Å². The highest BCUT2D eigenvalue weighted by atomic mass is 35.5. The quantitative estimate of drug-likeness (QED) is 0.779. The summed E-state index contributed by atoms with van der Waals surface area (Å²) in [5.74, 6) is 0.273. The van der Waals surface area contributed by atoms with Gasteiger partial charge in [0, 0.05) is 17.1 Å². The van der Waals surface area contributed by atoms with E-state index in [1.165, 1.54) is 32.5 Å². The van der Waals surface area contributed by atoms with Crippen molar-refractivity contribution in [3.8, 4) is 5.75 Å². The Hall–Kier alpha value is -0.770. The van der Waals surface area contributed by atoms with E-state index in [1.807, 2.05) is 6.07 Å². The lowest BCUT2D eigenvalue weighted by Crippen LogP contribution is -2.24. The van der Waals surface area contributed by atoms with Gasteiger partial charge in [-0.3, -0.25) is 0 Å². The normalized spacial score (nSPS) is 16.3. The van der Waals surface area contributed by atoms with Crippen molar-refractivity contribution in [1.29, 1.82) is 0 Å². The first-order valence-electron chi connectivity index (χ1n) is 6.67. The molecular weight excluding hydrogens is 248 g/mol. The summed E-state index contributed by atoms with van der Waals surface area (Å²) < 4.78 is 0. The number of hydrogen-bond acceptors (Lipinski definition) is 3. The Kier molecular flexibility index (Phi) is 5.29. The van der Waals surface area contributed by atoms with Gasteiger partial charge in [0.05, 0.1) is 0 Å². The van der Waals surface area contributed by atoms with Crippen molar-refractivity contribution in [2.45, 2.75) is 25.8 Å². The molecule has 0 aromatic heterocycles. The molecule has 1 aromatic carbocycles. The third kappa shape index (κ3) is 3.87. The first kappa shape index (κ1) is 13.7. The van der Waals surface area contributed by atoms with Crippen LogP contribution >= 0.6 is 11.6 Å². The highest BCUT2D eigenvalue weighted by Crippen LogP contribution is 2.24. The number of phenolic OH excluding ortho intramolecular Hbond substituents is 1. The summed E-state index contributed by atoms with van der Waals surface area (Å²) in [4.78, 5) is 2.51. The molecule has 1 aromatic rings. The van der Waals surface area contributed by atoms with E-state index in [0.717, 1.165) is 18.5 Å². The van der Waals surface area contributed by atoms with Crippen LogP contribution in [0.15, 0.2) is 18.2 Å². The van der Waals surface area contributed by atoms with E-state index in [9.17, 15) is 5.11 Å². The van der Waals surface area contributed by atoms with Crippen molar-refractivity contribution in [3.63, 3.8) is 0 Å². The number of rotatable bonds is 6. The van der Waals surface area contributed by atoms with Gasteiger partial charge in [0.25, 0.3) is 0 Å². The minimum absolute atomic E-state index is 0.273. The first-order chi connectivity index (χ1) is 8.77. The standard InChI is InChI=1S/C14H21ClN2O/c15-13-5-3-6-14(18)12(13)11-16-7-4-10-17-8-1-2-9-17/h3,5-6,16,18H,1-2,4,7-11H2. The Morgan fingerprint density at radius 3 is 2.78 bits per heavy atom. The van der Waals surface area contributed by atoms with Gasteiger partial charge in [-0.25, -0.2) is 0 Å². The molecule has 1 aliphatic rings. The van der Waals surface area contributed by atoms with Crippen LogP contribution in [0, 0.1) is 0 Å². The van der Waals surface area contributed by atoms with E-state index in [-0.39, 0.29) is 5.75 Å². The second-order valence-electron chi connectivity index (χ2n) is 4.82. The van der Waals surface area contributed by atoms with Crippen LogP contribution in [0.3, 0.4) is 0 Å². The maximum Gasteiger partial charge on any atom is 0.121 e. The molecule has 1 fully saturated rings. The molecule has 4 heteroatoms. The average Bonchev–Trinajstić information content (AvgIpc) is 2.85. The molecule has 0 aliphatic carbocycles. The zero-order valence-electron chi connectivity index (χ0n) is 10.7. The minimum atomic E-state index is 0.273. The number of phenols is 1. The molecule has 1 saturated heterocycles. The lowest BCUT2D eigenvalue weighted by Gasteiger charge is -2.14. The summed E-state index contributed by atoms with van der Waals surface area (Å²) in [5.41, 5.74) is 0.792. The van der Waals surface area contributed by atoms with Crippen LogP contribution in [0.25, 0.3) is 0 Å². The Morgan fingerprint density at radius 1 is 1.28 bits per heavy atom. The minimum Gasteiger partial charge on any atom is -0.508 e. The zero-order valence-corrected chi connectivity index (χ0v) is 11.4. The van der Waals surface area contributed by atoms with E-state index >= 15 is 0 Å². The Balaban J connectivity index is 1.65. The summed E-state index contributed by atoms with van der Waals surface area (Å²) in [5, 5.41) is 13.7. The summed E-state index contributed by atoms with van der Waals surface area (Å²) in [6.45, 7) is 5.27. The predicted molar refractivity (Wildman–Crippen MR) is 75.1 cm³/mol. The first-order valence-corrected chi connectivity index (χ1v) is 7.04. The number of aromatic hydroxyl groups is 1. The highest BCUT2D eigenvalue weighted by Gasteiger charge is 2.10. The van der Waals surface area contributed by atoms with E-state index in [1.54, 1.807) is 12.1 Å². The van der Waals surface area contributed by atoms with E-state index < -0.39 is 0 Å². The van der Waals surface area contributed by atoms with Crippen molar-refractivity contribution < 1.29 is 5.11 Å². The van der Waals surface area contributed by atoms with E-state index in [4.69, 9.17) is 11.6 Å². The molecule has 0 radical (unpaired) electrons. The van der Waals surface area contributed by atoms with Gasteiger partial charge in [-0.05, 0) is 57.6 Å². The van der Waals surface area contributed by atoms with E-state index in [2.05, 4.69) is 10.2 Å². The van der Waals surface area contributed by atoms with Crippen LogP contribution in [0.4, 0.5) is 0 Å². The van der Waals surface area contributed by atoms with Crippen LogP contribution in [-0.4, -0.2) is 36.2 Å². The molecule has 2 rings (SSSR count). The van der Waals surface area contributed by atoms with Gasteiger partial charge in [-0.2, -0.15) is 0 Å². The SMILES string of the molecule is Oc1cccc(Cl)c1CNCCCN1CCCC1. The molecule has 3 nitrogen and oxygen atoms in total. The molecule has 0 saturated carbocycles. The predicted octanol–water partition coefficient (Wildman–Crippen LogP) is 2.62. The van der Waals surface area contributed by atoms with Crippen molar-refractivity contribution in [2.24, 2.45) is 0 Å². The second kappa shape index (κ2) is 6.98. The van der Waals surface area contributed by atoms with Gasteiger partial charge < -0.3 is 15.3 Å². The summed E-state index contributed by atoms with van der Waals surface area (Å²) in [7, 11) is 0. The maximum atomic E-state index is 9.69. The lowest BCUT2D eigenvalue weighted by molar-refractivity contribution is 0.331. The van der Waals surface area contributed by atoms with E-state index in [0.29, 0.717) is 11.6 Å². The summed E-state index contributed by atoms with van der Waals surface area (Å²) in [6.07, 6.45) is 3.84. The Morgan fingerprint density at radius 2 is 2.06 bits per heavy atom. The molecular formula is C14H21ClN2O. The lowest BCUT2D eigenvalue weighted by atomic mass is 10.2. The average molecular weight is 269 g/mol. The van der Waals surface area contributed by atoms with Gasteiger partial charge in [-0.1, -0.05) is 17.7 Å². The van der Waals surface area contributed by atoms with Gasteiger partial charge in [-0.15, -0.1) is 0 Å². The van der Waals surface area contributed by atoms with Crippen molar-refractivity contribution in [3.05, 3.63) is 28.8 Å². The molecule has 1 heterocycles. The topological polar surface area (TPSA) is 35.5 Å². The van der Waals surface area contributed by atoms with Crippen LogP contribution in [0.2, 0.25) is 5.02 Å². The number of nitrogens with zero attached hydrogens (tertiary/aromatic N) is 1. The molecule has 0 atom stereocenters. The number of hydrogen-bond donors (Lipinski definition) is 2. The molecule has 0 unspecified atom stereocenters. The summed E-state index contributed by atoms with van der Waals surface area (Å²) >= 11 is 6.04. The molecule has 1 aliphatic heterocycles. The molecule has 100 valence electrons. The Bertz CT molecular complexity index is 358. The third-order valence-electron chi connectivity index (χ3n) is 3.42. The number of nitrogens with one attached hydrogen (secondary N) is 1. The van der Waals surface area contributed by atoms with Gasteiger partial charge >= 0.3 is 0 Å². The zero-order chi connectivity index (χ0) is 12.8. The van der Waals surface area contributed by atoms with Crippen LogP contribution in [0.1, 0.15) is 24.8 Å². The maximum absolute atomic E-state index is 9.69. The van der Waals surface area contributed by atoms with Gasteiger partial charge in [0.15, 0.2) is 0 Å². The molecule has 18 heavy (non-hydrogen) atoms. The van der Waals surface area contributed by atoms with Crippen LogP contribution in [-0.2, 0) is 6.54 Å². The molecule has 0 spiro atoms. The molecule has 2 N–H and O–H groups in total. The number of benzene rings is 1. The second-order valence-corrected chi connectivity index (χ2v) is 5.22. The largest absolute Gasteiger partial charge is 0.508 e. The fraction of sp³-hybridized carbons (Fsp3) is 0.571. The third-order valence-corrected chi connectivity index (χ3v) is 3.78. The molecule has 0 bridgehead atoms. The molecule has 0 amide bonds. The Labute approximate surface area is 114 Å². The fourth-order valence-electron chi connectivity index (χ4n) is 2.37. The summed E-state index contributed by atoms with van der Waals surface area (Å²) in [6, 6.07) is 5.24. The van der Waals surface area contributed by atoms with Gasteiger partial charge in [0.2, 0.25) is 0 Å². The highest BCUT2D eigenvalue weighted by molar-refractivity contribution is 6.31. The monoisotopic (exact) mass is 268 g/mol. The van der Waals surface area contributed by atoms with Crippen LogP contribution < -0.4 is 5.32 Å².